The van der Waals surface area contributed by atoms with Crippen LogP contribution in [0.3, 0.4) is 0 Å². The summed E-state index contributed by atoms with van der Waals surface area (Å²) in [6.07, 6.45) is 1.95. The molecule has 0 spiro atoms. The van der Waals surface area contributed by atoms with Crippen molar-refractivity contribution in [3.05, 3.63) is 35.8 Å². The summed E-state index contributed by atoms with van der Waals surface area (Å²) < 4.78 is 6.06. The zero-order chi connectivity index (χ0) is 18.6. The second-order valence-corrected chi connectivity index (χ2v) is 8.46. The van der Waals surface area contributed by atoms with Gasteiger partial charge in [0, 0.05) is 41.1 Å². The Morgan fingerprint density at radius 1 is 1.37 bits per heavy atom. The minimum atomic E-state index is -0.101. The fraction of sp³-hybridized carbons (Fsp3) is 0.278. The Bertz CT molecular complexity index is 962. The zero-order valence-corrected chi connectivity index (χ0v) is 16.9. The van der Waals surface area contributed by atoms with Crippen molar-refractivity contribution < 1.29 is 9.53 Å². The molecule has 1 aliphatic heterocycles. The molecule has 0 bridgehead atoms. The molecule has 0 atom stereocenters. The number of carbonyl (C=O) groups excluding carboxylic acids is 1. The summed E-state index contributed by atoms with van der Waals surface area (Å²) in [6.45, 7) is 2.94. The molecule has 1 amide bonds. The highest BCUT2D eigenvalue weighted by atomic mass is 32.2. The molecule has 0 unspecified atom stereocenters. The van der Waals surface area contributed by atoms with Crippen molar-refractivity contribution in [3.8, 4) is 11.3 Å². The number of aromatic nitrogens is 2. The number of amides is 1. The number of carbonyl (C=O) groups is 1. The van der Waals surface area contributed by atoms with Crippen LogP contribution >= 0.6 is 35.3 Å². The predicted octanol–water partition coefficient (Wildman–Crippen LogP) is 3.58. The molecule has 1 fully saturated rings. The largest absolute Gasteiger partial charge is 0.378 e. The van der Waals surface area contributed by atoms with Crippen molar-refractivity contribution >= 4 is 61.6 Å². The fourth-order valence-electron chi connectivity index (χ4n) is 2.86. The number of para-hydroxylation sites is 1. The van der Waals surface area contributed by atoms with E-state index < -0.39 is 0 Å². The Balaban J connectivity index is 1.35. The number of H-pyrrole nitrogens is 1. The van der Waals surface area contributed by atoms with Crippen molar-refractivity contribution in [2.75, 3.05) is 37.4 Å². The van der Waals surface area contributed by atoms with Crippen LogP contribution in [0.5, 0.6) is 0 Å². The van der Waals surface area contributed by atoms with Gasteiger partial charge in [0.2, 0.25) is 5.91 Å². The molecule has 1 aromatic carbocycles. The smallest absolute Gasteiger partial charge is 0.236 e. The zero-order valence-electron chi connectivity index (χ0n) is 14.4. The quantitative estimate of drug-likeness (QED) is 0.631. The molecule has 3 aromatic rings. The number of ether oxygens (including phenoxy) is 1. The number of thioether (sulfide) groups is 1. The maximum absolute atomic E-state index is 12.2. The molecule has 1 saturated heterocycles. The number of rotatable bonds is 4. The fourth-order valence-corrected chi connectivity index (χ4v) is 4.64. The van der Waals surface area contributed by atoms with Gasteiger partial charge in [0.1, 0.15) is 4.32 Å². The van der Waals surface area contributed by atoms with E-state index in [9.17, 15) is 4.79 Å². The molecule has 0 radical (unpaired) electrons. The molecule has 140 valence electrons. The van der Waals surface area contributed by atoms with E-state index in [-0.39, 0.29) is 11.7 Å². The van der Waals surface area contributed by atoms with Gasteiger partial charge in [0.15, 0.2) is 5.13 Å². The summed E-state index contributed by atoms with van der Waals surface area (Å²) in [7, 11) is 0. The van der Waals surface area contributed by atoms with Crippen LogP contribution in [-0.4, -0.2) is 57.2 Å². The number of fused-ring (bicyclic) bond motifs is 1. The van der Waals surface area contributed by atoms with Crippen LogP contribution in [0.15, 0.2) is 35.8 Å². The summed E-state index contributed by atoms with van der Waals surface area (Å²) in [5, 5.41) is 6.53. The van der Waals surface area contributed by atoms with Crippen LogP contribution in [0.2, 0.25) is 0 Å². The second kappa shape index (κ2) is 8.39. The molecule has 2 aromatic heterocycles. The third-order valence-electron chi connectivity index (χ3n) is 4.21. The van der Waals surface area contributed by atoms with Crippen LogP contribution in [0.4, 0.5) is 5.13 Å². The Labute approximate surface area is 170 Å². The molecule has 9 heteroatoms. The lowest BCUT2D eigenvalue weighted by Crippen LogP contribution is -2.39. The molecule has 27 heavy (non-hydrogen) atoms. The number of thiazole rings is 1. The highest BCUT2D eigenvalue weighted by molar-refractivity contribution is 8.23. The van der Waals surface area contributed by atoms with E-state index in [1.165, 1.54) is 23.1 Å². The first-order valence-electron chi connectivity index (χ1n) is 8.52. The number of anilines is 1. The number of nitrogens with zero attached hydrogens (tertiary/aromatic N) is 2. The van der Waals surface area contributed by atoms with Gasteiger partial charge in [-0.25, -0.2) is 4.98 Å². The highest BCUT2D eigenvalue weighted by Crippen LogP contribution is 2.31. The lowest BCUT2D eigenvalue weighted by molar-refractivity contribution is -0.113. The van der Waals surface area contributed by atoms with Gasteiger partial charge in [0.25, 0.3) is 0 Å². The summed E-state index contributed by atoms with van der Waals surface area (Å²) in [6, 6.07) is 8.09. The molecule has 1 aliphatic rings. The van der Waals surface area contributed by atoms with E-state index >= 15 is 0 Å². The number of benzene rings is 1. The third-order valence-corrected chi connectivity index (χ3v) is 6.49. The average Bonchev–Trinajstić information content (AvgIpc) is 3.33. The van der Waals surface area contributed by atoms with E-state index in [0.717, 1.165) is 39.6 Å². The number of thiocarbonyl (C=S) groups is 1. The number of nitrogens with one attached hydrogen (secondary N) is 2. The summed E-state index contributed by atoms with van der Waals surface area (Å²) >= 11 is 8.20. The molecule has 4 rings (SSSR count). The Morgan fingerprint density at radius 3 is 3.04 bits per heavy atom. The van der Waals surface area contributed by atoms with Crippen molar-refractivity contribution in [1.29, 1.82) is 0 Å². The van der Waals surface area contributed by atoms with Gasteiger partial charge in [0.05, 0.1) is 24.7 Å². The summed E-state index contributed by atoms with van der Waals surface area (Å²) in [5.41, 5.74) is 2.95. The maximum Gasteiger partial charge on any atom is 0.236 e. The van der Waals surface area contributed by atoms with Gasteiger partial charge in [-0.2, -0.15) is 0 Å². The highest BCUT2D eigenvalue weighted by Gasteiger charge is 2.16. The molecule has 0 saturated carbocycles. The molecule has 0 aliphatic carbocycles. The maximum atomic E-state index is 12.2. The third kappa shape index (κ3) is 4.32. The van der Waals surface area contributed by atoms with Crippen LogP contribution in [-0.2, 0) is 9.53 Å². The van der Waals surface area contributed by atoms with Gasteiger partial charge in [-0.3, -0.25) is 4.79 Å². The van der Waals surface area contributed by atoms with Gasteiger partial charge in [-0.1, -0.05) is 42.2 Å². The van der Waals surface area contributed by atoms with E-state index in [2.05, 4.69) is 26.3 Å². The first kappa shape index (κ1) is 18.4. The Kier molecular flexibility index (Phi) is 5.72. The second-order valence-electron chi connectivity index (χ2n) is 5.99. The van der Waals surface area contributed by atoms with Crippen LogP contribution in [0.25, 0.3) is 22.2 Å². The van der Waals surface area contributed by atoms with Crippen molar-refractivity contribution in [2.24, 2.45) is 0 Å². The van der Waals surface area contributed by atoms with Gasteiger partial charge < -0.3 is 19.9 Å². The van der Waals surface area contributed by atoms with Crippen LogP contribution in [0.1, 0.15) is 0 Å². The number of hydrogen-bond donors (Lipinski definition) is 2. The van der Waals surface area contributed by atoms with Crippen molar-refractivity contribution in [1.82, 2.24) is 14.9 Å². The van der Waals surface area contributed by atoms with E-state index in [1.54, 1.807) is 0 Å². The monoisotopic (exact) mass is 418 g/mol. The number of aromatic amines is 1. The predicted molar refractivity (Wildman–Crippen MR) is 115 cm³/mol. The standard InChI is InChI=1S/C18H18N4O2S3/c23-16(11-27-18(25)22-5-7-24-8-6-22)21-17-20-15(10-26-17)13-9-19-14-4-2-1-3-12(13)14/h1-4,9-10,19H,5-8,11H2,(H,20,21,23). The van der Waals surface area contributed by atoms with Crippen LogP contribution in [0, 0.1) is 0 Å². The van der Waals surface area contributed by atoms with Crippen LogP contribution < -0.4 is 5.32 Å². The average molecular weight is 419 g/mol. The van der Waals surface area contributed by atoms with Crippen molar-refractivity contribution in [3.63, 3.8) is 0 Å². The summed E-state index contributed by atoms with van der Waals surface area (Å²) in [4.78, 5) is 22.1. The van der Waals surface area contributed by atoms with E-state index in [0.29, 0.717) is 18.3 Å². The minimum Gasteiger partial charge on any atom is -0.378 e. The van der Waals surface area contributed by atoms with E-state index in [1.807, 2.05) is 29.8 Å². The Hall–Kier alpha value is -1.94. The first-order valence-corrected chi connectivity index (χ1v) is 10.8. The van der Waals surface area contributed by atoms with E-state index in [4.69, 9.17) is 17.0 Å². The van der Waals surface area contributed by atoms with Crippen molar-refractivity contribution in [2.45, 2.75) is 0 Å². The SMILES string of the molecule is O=C(CSC(=S)N1CCOCC1)Nc1nc(-c2c[nH]c3ccccc23)cs1. The lowest BCUT2D eigenvalue weighted by Gasteiger charge is -2.28. The van der Waals surface area contributed by atoms with Gasteiger partial charge >= 0.3 is 0 Å². The normalized spacial score (nSPS) is 14.4. The molecular formula is C18H18N4O2S3. The minimum absolute atomic E-state index is 0.101. The number of morpholine rings is 1. The van der Waals surface area contributed by atoms with Gasteiger partial charge in [-0.15, -0.1) is 11.3 Å². The number of hydrogen-bond acceptors (Lipinski definition) is 6. The Morgan fingerprint density at radius 2 is 2.19 bits per heavy atom. The molecular weight excluding hydrogens is 400 g/mol. The summed E-state index contributed by atoms with van der Waals surface area (Å²) in [5.74, 6) is 0.175. The van der Waals surface area contributed by atoms with Gasteiger partial charge in [-0.05, 0) is 6.07 Å². The lowest BCUT2D eigenvalue weighted by atomic mass is 10.1. The molecule has 3 heterocycles. The topological polar surface area (TPSA) is 70.2 Å². The molecule has 6 nitrogen and oxygen atoms in total. The molecule has 2 N–H and O–H groups in total. The first-order chi connectivity index (χ1) is 13.2.